The lowest BCUT2D eigenvalue weighted by molar-refractivity contribution is 0.0836. The molecule has 0 aliphatic heterocycles. The van der Waals surface area contributed by atoms with E-state index in [0.717, 1.165) is 12.0 Å². The summed E-state index contributed by atoms with van der Waals surface area (Å²) in [5, 5.41) is 0. The van der Waals surface area contributed by atoms with Gasteiger partial charge in [0.15, 0.2) is 0 Å². The van der Waals surface area contributed by atoms with Crippen LogP contribution in [0.4, 0.5) is 4.39 Å². The fraction of sp³-hybridized carbons (Fsp3) is 0.440. The van der Waals surface area contributed by atoms with E-state index in [1.165, 1.54) is 28.3 Å². The molecule has 0 bridgehead atoms. The highest BCUT2D eigenvalue weighted by atomic mass is 19.1. The van der Waals surface area contributed by atoms with Gasteiger partial charge in [0.1, 0.15) is 0 Å². The van der Waals surface area contributed by atoms with Crippen LogP contribution in [0.1, 0.15) is 86.3 Å². The van der Waals surface area contributed by atoms with E-state index in [0.29, 0.717) is 12.1 Å². The Labute approximate surface area is 168 Å². The molecule has 0 spiro atoms. The zero-order valence-corrected chi connectivity index (χ0v) is 18.2. The summed E-state index contributed by atoms with van der Waals surface area (Å²) in [5.41, 5.74) is 9.49. The minimum atomic E-state index is -1.44. The van der Waals surface area contributed by atoms with Crippen molar-refractivity contribution >= 4 is 11.6 Å². The number of carbonyl (C=O) groups excluding carboxylic acids is 1. The summed E-state index contributed by atoms with van der Waals surface area (Å²) in [6, 6.07) is 4.57. The zero-order chi connectivity index (χ0) is 21.3. The lowest BCUT2D eigenvalue weighted by Crippen LogP contribution is -2.20. The van der Waals surface area contributed by atoms with Gasteiger partial charge < -0.3 is 4.98 Å². The lowest BCUT2D eigenvalue weighted by Gasteiger charge is -2.30. The number of aryl methyl sites for hydroxylation is 1. The number of aromatic amines is 1. The number of halogens is 1. The maximum Gasteiger partial charge on any atom is 0.334 e. The maximum absolute atomic E-state index is 13.3. The zero-order valence-electron chi connectivity index (χ0n) is 18.2. The SMILES string of the molecule is C=C=C(CCc1cc(C(C)(C)C)c(C)c(C(C)(C)C)c1)c1[nH]ccc1C(=O)F. The highest BCUT2D eigenvalue weighted by Gasteiger charge is 2.24. The van der Waals surface area contributed by atoms with Crippen molar-refractivity contribution in [1.29, 1.82) is 0 Å². The number of hydrogen-bond donors (Lipinski definition) is 1. The molecular weight excluding hydrogens is 349 g/mol. The molecule has 0 unspecified atom stereocenters. The molecule has 1 heterocycles. The second-order valence-electron chi connectivity index (χ2n) is 9.51. The highest BCUT2D eigenvalue weighted by Crippen LogP contribution is 2.35. The van der Waals surface area contributed by atoms with Crippen molar-refractivity contribution in [3.8, 4) is 0 Å². The minimum Gasteiger partial charge on any atom is -0.360 e. The number of aromatic nitrogens is 1. The van der Waals surface area contributed by atoms with Crippen molar-refractivity contribution in [2.75, 3.05) is 0 Å². The summed E-state index contributed by atoms with van der Waals surface area (Å²) in [4.78, 5) is 14.2. The quantitative estimate of drug-likeness (QED) is 0.447. The molecule has 0 saturated carbocycles. The van der Waals surface area contributed by atoms with Gasteiger partial charge in [0.05, 0.1) is 11.3 Å². The Kier molecular flexibility index (Phi) is 6.21. The first-order valence-corrected chi connectivity index (χ1v) is 9.77. The van der Waals surface area contributed by atoms with Crippen molar-refractivity contribution in [2.45, 2.75) is 72.1 Å². The molecule has 28 heavy (non-hydrogen) atoms. The van der Waals surface area contributed by atoms with Crippen molar-refractivity contribution in [1.82, 2.24) is 4.98 Å². The second-order valence-corrected chi connectivity index (χ2v) is 9.51. The van der Waals surface area contributed by atoms with Crippen LogP contribution in [0, 0.1) is 6.92 Å². The Balaban J connectivity index is 2.42. The van der Waals surface area contributed by atoms with Gasteiger partial charge in [-0.2, -0.15) is 4.39 Å². The predicted molar refractivity (Wildman–Crippen MR) is 116 cm³/mol. The standard InChI is InChI=1S/C25H32FNO/c1-9-18(22-19(23(26)28)12-13-27-22)11-10-17-14-20(24(3,4)5)16(2)21(15-17)25(6,7)8/h12-15,27H,1,10-11H2,2-8H3. The average Bonchev–Trinajstić information content (AvgIpc) is 3.04. The first-order valence-electron chi connectivity index (χ1n) is 9.77. The topological polar surface area (TPSA) is 32.9 Å². The number of nitrogens with one attached hydrogen (secondary N) is 1. The Bertz CT molecular complexity index is 893. The number of H-pyrrole nitrogens is 1. The molecule has 1 aromatic carbocycles. The summed E-state index contributed by atoms with van der Waals surface area (Å²) < 4.78 is 13.3. The van der Waals surface area contributed by atoms with Crippen LogP contribution in [-0.2, 0) is 17.3 Å². The molecule has 0 aliphatic carbocycles. The summed E-state index contributed by atoms with van der Waals surface area (Å²) >= 11 is 0. The van der Waals surface area contributed by atoms with Crippen LogP contribution in [0.3, 0.4) is 0 Å². The van der Waals surface area contributed by atoms with Gasteiger partial charge >= 0.3 is 6.04 Å². The van der Waals surface area contributed by atoms with Gasteiger partial charge in [-0.15, -0.1) is 5.73 Å². The molecule has 0 atom stereocenters. The monoisotopic (exact) mass is 381 g/mol. The fourth-order valence-corrected chi connectivity index (χ4v) is 3.83. The van der Waals surface area contributed by atoms with E-state index in [9.17, 15) is 9.18 Å². The van der Waals surface area contributed by atoms with Crippen LogP contribution in [-0.4, -0.2) is 11.0 Å². The van der Waals surface area contributed by atoms with E-state index in [4.69, 9.17) is 0 Å². The molecule has 0 fully saturated rings. The van der Waals surface area contributed by atoms with Gasteiger partial charge in [0, 0.05) is 11.8 Å². The van der Waals surface area contributed by atoms with Gasteiger partial charge in [-0.1, -0.05) is 60.3 Å². The molecule has 2 rings (SSSR count). The van der Waals surface area contributed by atoms with Crippen molar-refractivity contribution in [3.63, 3.8) is 0 Å². The number of benzene rings is 1. The van der Waals surface area contributed by atoms with Crippen LogP contribution in [0.15, 0.2) is 36.7 Å². The minimum absolute atomic E-state index is 0.0424. The Morgan fingerprint density at radius 1 is 1.11 bits per heavy atom. The summed E-state index contributed by atoms with van der Waals surface area (Å²) in [6.45, 7) is 19.4. The summed E-state index contributed by atoms with van der Waals surface area (Å²) in [5.74, 6) is 0. The third-order valence-corrected chi connectivity index (χ3v) is 5.22. The van der Waals surface area contributed by atoms with Crippen LogP contribution >= 0.6 is 0 Å². The number of rotatable bonds is 5. The molecule has 1 N–H and O–H groups in total. The predicted octanol–water partition coefficient (Wildman–Crippen LogP) is 6.83. The van der Waals surface area contributed by atoms with Crippen LogP contribution in [0.25, 0.3) is 5.57 Å². The molecule has 2 nitrogen and oxygen atoms in total. The fourth-order valence-electron chi connectivity index (χ4n) is 3.83. The van der Waals surface area contributed by atoms with E-state index < -0.39 is 6.04 Å². The van der Waals surface area contributed by atoms with Gasteiger partial charge in [-0.25, -0.2) is 0 Å². The maximum atomic E-state index is 13.3. The summed E-state index contributed by atoms with van der Waals surface area (Å²) in [7, 11) is 0. The first kappa shape index (κ1) is 21.9. The Morgan fingerprint density at radius 2 is 1.64 bits per heavy atom. The second kappa shape index (κ2) is 7.93. The molecule has 3 heteroatoms. The normalized spacial score (nSPS) is 12.0. The first-order chi connectivity index (χ1) is 12.9. The molecular formula is C25H32FNO. The lowest BCUT2D eigenvalue weighted by atomic mass is 9.75. The van der Waals surface area contributed by atoms with Gasteiger partial charge in [0.2, 0.25) is 0 Å². The molecule has 0 saturated heterocycles. The molecule has 2 aromatic rings. The van der Waals surface area contributed by atoms with E-state index in [-0.39, 0.29) is 16.4 Å². The molecule has 1 aromatic heterocycles. The van der Waals surface area contributed by atoms with Crippen molar-refractivity contribution in [3.05, 3.63) is 70.2 Å². The van der Waals surface area contributed by atoms with Crippen LogP contribution in [0.5, 0.6) is 0 Å². The van der Waals surface area contributed by atoms with Gasteiger partial charge in [-0.05, 0) is 58.9 Å². The average molecular weight is 382 g/mol. The molecule has 150 valence electrons. The number of allylic oxidation sites excluding steroid dienone is 1. The van der Waals surface area contributed by atoms with Crippen LogP contribution in [0.2, 0.25) is 0 Å². The largest absolute Gasteiger partial charge is 0.360 e. The third-order valence-electron chi connectivity index (χ3n) is 5.22. The van der Waals surface area contributed by atoms with Gasteiger partial charge in [-0.3, -0.25) is 4.79 Å². The molecule has 0 radical (unpaired) electrons. The van der Waals surface area contributed by atoms with E-state index in [2.05, 4.69) is 77.9 Å². The highest BCUT2D eigenvalue weighted by molar-refractivity contribution is 5.93. The van der Waals surface area contributed by atoms with Crippen molar-refractivity contribution < 1.29 is 9.18 Å². The number of hydrogen-bond acceptors (Lipinski definition) is 1. The van der Waals surface area contributed by atoms with E-state index in [1.807, 2.05) is 0 Å². The van der Waals surface area contributed by atoms with E-state index in [1.54, 1.807) is 6.20 Å². The van der Waals surface area contributed by atoms with Crippen LogP contribution < -0.4 is 0 Å². The smallest absolute Gasteiger partial charge is 0.334 e. The third kappa shape index (κ3) is 4.72. The van der Waals surface area contributed by atoms with Gasteiger partial charge in [0.25, 0.3) is 0 Å². The number of carbonyl (C=O) groups is 1. The van der Waals surface area contributed by atoms with Crippen molar-refractivity contribution in [2.24, 2.45) is 0 Å². The Morgan fingerprint density at radius 3 is 2.07 bits per heavy atom. The summed E-state index contributed by atoms with van der Waals surface area (Å²) in [6.07, 6.45) is 2.96. The molecule has 0 aliphatic rings. The Hall–Kier alpha value is -2.38. The molecule has 0 amide bonds. The van der Waals surface area contributed by atoms with E-state index >= 15 is 0 Å².